The highest BCUT2D eigenvalue weighted by atomic mass is 15.1. The molecule has 0 unspecified atom stereocenters. The number of benzene rings is 1. The third-order valence-corrected chi connectivity index (χ3v) is 3.74. The summed E-state index contributed by atoms with van der Waals surface area (Å²) < 4.78 is 0. The summed E-state index contributed by atoms with van der Waals surface area (Å²) in [6.45, 7) is 4.53. The minimum absolute atomic E-state index is 0.423. The van der Waals surface area contributed by atoms with E-state index in [-0.39, 0.29) is 0 Å². The summed E-state index contributed by atoms with van der Waals surface area (Å²) in [5, 5.41) is 0. The Labute approximate surface area is 91.1 Å². The van der Waals surface area contributed by atoms with Gasteiger partial charge in [0.1, 0.15) is 0 Å². The molecule has 1 fully saturated rings. The highest BCUT2D eigenvalue weighted by Crippen LogP contribution is 2.41. The topological polar surface area (TPSA) is 29.3 Å². The van der Waals surface area contributed by atoms with E-state index >= 15 is 0 Å². The minimum atomic E-state index is 0.423. The Balaban J connectivity index is 1.91. The van der Waals surface area contributed by atoms with E-state index in [0.717, 1.165) is 6.54 Å². The van der Waals surface area contributed by atoms with Crippen LogP contribution < -0.4 is 10.6 Å². The van der Waals surface area contributed by atoms with Crippen LogP contribution in [0.3, 0.4) is 0 Å². The van der Waals surface area contributed by atoms with Gasteiger partial charge in [0.2, 0.25) is 0 Å². The van der Waals surface area contributed by atoms with Crippen molar-refractivity contribution in [1.82, 2.24) is 0 Å². The average Bonchev–Trinajstić information content (AvgIpc) is 2.85. The van der Waals surface area contributed by atoms with Gasteiger partial charge in [-0.3, -0.25) is 0 Å². The molecule has 0 saturated heterocycles. The summed E-state index contributed by atoms with van der Waals surface area (Å²) in [7, 11) is 0. The molecule has 2 N–H and O–H groups in total. The second-order valence-corrected chi connectivity index (χ2v) is 4.72. The van der Waals surface area contributed by atoms with E-state index in [2.05, 4.69) is 30.0 Å². The smallest absolute Gasteiger partial charge is 0.0399 e. The third kappa shape index (κ3) is 1.44. The summed E-state index contributed by atoms with van der Waals surface area (Å²) in [5.41, 5.74) is 10.3. The van der Waals surface area contributed by atoms with Gasteiger partial charge in [-0.15, -0.1) is 0 Å². The lowest BCUT2D eigenvalue weighted by Gasteiger charge is -2.16. The van der Waals surface area contributed by atoms with E-state index in [1.54, 1.807) is 0 Å². The molecule has 15 heavy (non-hydrogen) atoms. The predicted molar refractivity (Wildman–Crippen MR) is 63.4 cm³/mol. The number of hydrogen-bond acceptors (Lipinski definition) is 2. The molecule has 2 atom stereocenters. The second-order valence-electron chi connectivity index (χ2n) is 4.72. The molecule has 0 spiro atoms. The summed E-state index contributed by atoms with van der Waals surface area (Å²) in [6.07, 6.45) is 2.38. The van der Waals surface area contributed by atoms with Crippen molar-refractivity contribution < 1.29 is 0 Å². The molecule has 1 saturated carbocycles. The first-order valence-electron chi connectivity index (χ1n) is 5.93. The lowest BCUT2D eigenvalue weighted by atomic mass is 10.0. The summed E-state index contributed by atoms with van der Waals surface area (Å²) in [4.78, 5) is 2.45. The number of anilines is 1. The van der Waals surface area contributed by atoms with E-state index in [1.807, 2.05) is 0 Å². The van der Waals surface area contributed by atoms with Crippen LogP contribution in [-0.4, -0.2) is 19.1 Å². The predicted octanol–water partition coefficient (Wildman–Crippen LogP) is 1.88. The van der Waals surface area contributed by atoms with Gasteiger partial charge in [-0.05, 0) is 37.0 Å². The lowest BCUT2D eigenvalue weighted by molar-refractivity contribution is 0.868. The molecule has 0 amide bonds. The van der Waals surface area contributed by atoms with Crippen LogP contribution >= 0.6 is 0 Å². The van der Waals surface area contributed by atoms with Crippen molar-refractivity contribution in [3.05, 3.63) is 29.3 Å². The molecule has 1 aliphatic heterocycles. The number of rotatable bonds is 2. The van der Waals surface area contributed by atoms with E-state index in [9.17, 15) is 0 Å². The summed E-state index contributed by atoms with van der Waals surface area (Å²) in [5.74, 6) is 0.644. The number of fused-ring (bicyclic) bond motifs is 1. The lowest BCUT2D eigenvalue weighted by Crippen LogP contribution is -2.18. The fourth-order valence-electron chi connectivity index (χ4n) is 2.65. The van der Waals surface area contributed by atoms with Gasteiger partial charge in [-0.2, -0.15) is 0 Å². The minimum Gasteiger partial charge on any atom is -0.371 e. The second kappa shape index (κ2) is 3.24. The van der Waals surface area contributed by atoms with E-state index in [4.69, 9.17) is 5.73 Å². The molecule has 2 nitrogen and oxygen atoms in total. The van der Waals surface area contributed by atoms with Gasteiger partial charge < -0.3 is 10.6 Å². The van der Waals surface area contributed by atoms with Gasteiger partial charge in [0.05, 0.1) is 0 Å². The van der Waals surface area contributed by atoms with Gasteiger partial charge in [0.25, 0.3) is 0 Å². The van der Waals surface area contributed by atoms with Crippen molar-refractivity contribution in [2.24, 2.45) is 5.73 Å². The Morgan fingerprint density at radius 3 is 2.93 bits per heavy atom. The van der Waals surface area contributed by atoms with Crippen LogP contribution in [0.1, 0.15) is 30.4 Å². The molecule has 2 aliphatic rings. The third-order valence-electron chi connectivity index (χ3n) is 3.74. The first-order chi connectivity index (χ1) is 7.29. The molecular formula is C13H18N2. The first kappa shape index (κ1) is 9.22. The van der Waals surface area contributed by atoms with Gasteiger partial charge in [0, 0.05) is 30.7 Å². The standard InChI is InChI=1S/C13H18N2/c1-2-15-6-5-10-7-9(3-4-13(10)15)11-8-12(11)14/h3-4,7,11-12H,2,5-6,8,14H2,1H3/t11-,12+/m0/s1. The quantitative estimate of drug-likeness (QED) is 0.793. The van der Waals surface area contributed by atoms with Gasteiger partial charge in [-0.1, -0.05) is 12.1 Å². The maximum atomic E-state index is 5.89. The van der Waals surface area contributed by atoms with Gasteiger partial charge >= 0.3 is 0 Å². The molecule has 3 rings (SSSR count). The fraction of sp³-hybridized carbons (Fsp3) is 0.538. The Bertz CT molecular complexity index is 386. The summed E-state index contributed by atoms with van der Waals surface area (Å²) in [6, 6.07) is 7.35. The van der Waals surface area contributed by atoms with Crippen LogP contribution in [-0.2, 0) is 6.42 Å². The number of nitrogens with zero attached hydrogens (tertiary/aromatic N) is 1. The number of nitrogens with two attached hydrogens (primary N) is 1. The molecule has 1 heterocycles. The highest BCUT2D eigenvalue weighted by Gasteiger charge is 2.35. The van der Waals surface area contributed by atoms with Crippen molar-refractivity contribution in [2.45, 2.75) is 31.7 Å². The van der Waals surface area contributed by atoms with Crippen LogP contribution in [0.4, 0.5) is 5.69 Å². The van der Waals surface area contributed by atoms with Crippen LogP contribution in [0.25, 0.3) is 0 Å². The molecule has 1 aliphatic carbocycles. The van der Waals surface area contributed by atoms with Gasteiger partial charge in [0.15, 0.2) is 0 Å². The molecular weight excluding hydrogens is 184 g/mol. The van der Waals surface area contributed by atoms with Crippen LogP contribution in [0.5, 0.6) is 0 Å². The van der Waals surface area contributed by atoms with E-state index in [0.29, 0.717) is 12.0 Å². The number of hydrogen-bond donors (Lipinski definition) is 1. The monoisotopic (exact) mass is 202 g/mol. The Kier molecular flexibility index (Phi) is 1.99. The Morgan fingerprint density at radius 1 is 1.47 bits per heavy atom. The zero-order valence-electron chi connectivity index (χ0n) is 9.24. The van der Waals surface area contributed by atoms with Crippen molar-refractivity contribution in [3.8, 4) is 0 Å². The van der Waals surface area contributed by atoms with Crippen LogP contribution in [0.2, 0.25) is 0 Å². The van der Waals surface area contributed by atoms with Gasteiger partial charge in [-0.25, -0.2) is 0 Å². The molecule has 2 heteroatoms. The first-order valence-corrected chi connectivity index (χ1v) is 5.93. The Hall–Kier alpha value is -1.02. The van der Waals surface area contributed by atoms with Crippen molar-refractivity contribution in [3.63, 3.8) is 0 Å². The average molecular weight is 202 g/mol. The molecule has 0 radical (unpaired) electrons. The normalized spacial score (nSPS) is 28.0. The maximum absolute atomic E-state index is 5.89. The largest absolute Gasteiger partial charge is 0.371 e. The molecule has 0 bridgehead atoms. The zero-order chi connectivity index (χ0) is 10.4. The maximum Gasteiger partial charge on any atom is 0.0399 e. The van der Waals surface area contributed by atoms with E-state index in [1.165, 1.54) is 36.2 Å². The zero-order valence-corrected chi connectivity index (χ0v) is 9.24. The Morgan fingerprint density at radius 2 is 2.27 bits per heavy atom. The highest BCUT2D eigenvalue weighted by molar-refractivity contribution is 5.59. The molecule has 80 valence electrons. The SMILES string of the molecule is CCN1CCc2cc([C@@H]3C[C@H]3N)ccc21. The molecule has 1 aromatic rings. The molecule has 0 aromatic heterocycles. The van der Waals surface area contributed by atoms with Crippen molar-refractivity contribution >= 4 is 5.69 Å². The number of likely N-dealkylation sites (N-methyl/N-ethyl adjacent to an activating group) is 1. The fourth-order valence-corrected chi connectivity index (χ4v) is 2.65. The summed E-state index contributed by atoms with van der Waals surface area (Å²) >= 11 is 0. The molecule has 1 aromatic carbocycles. The van der Waals surface area contributed by atoms with Crippen molar-refractivity contribution in [2.75, 3.05) is 18.0 Å². The van der Waals surface area contributed by atoms with Crippen LogP contribution in [0.15, 0.2) is 18.2 Å². The van der Waals surface area contributed by atoms with Crippen LogP contribution in [0, 0.1) is 0 Å². The van der Waals surface area contributed by atoms with Crippen molar-refractivity contribution in [1.29, 1.82) is 0 Å². The van der Waals surface area contributed by atoms with E-state index < -0.39 is 0 Å².